The molecule has 1 aromatic heterocycles. The van der Waals surface area contributed by atoms with Crippen molar-refractivity contribution in [2.75, 3.05) is 7.05 Å². The van der Waals surface area contributed by atoms with Crippen LogP contribution in [0.3, 0.4) is 0 Å². The molecule has 1 fully saturated rings. The molecule has 0 radical (unpaired) electrons. The van der Waals surface area contributed by atoms with E-state index in [9.17, 15) is 4.79 Å². The summed E-state index contributed by atoms with van der Waals surface area (Å²) in [6.07, 6.45) is 10.2. The van der Waals surface area contributed by atoms with Gasteiger partial charge in [-0.05, 0) is 19.9 Å². The minimum Gasteiger partial charge on any atom is -0.352 e. The summed E-state index contributed by atoms with van der Waals surface area (Å²) in [4.78, 5) is 12.1. The lowest BCUT2D eigenvalue weighted by Gasteiger charge is -2.36. The first-order valence-corrected chi connectivity index (χ1v) is 7.07. The number of nitrogens with zero attached hydrogens (tertiary/aromatic N) is 2. The van der Waals surface area contributed by atoms with Crippen LogP contribution in [0.15, 0.2) is 12.4 Å². The number of aryl methyl sites for hydroxylation is 1. The van der Waals surface area contributed by atoms with Gasteiger partial charge in [0.05, 0.1) is 6.20 Å². The Labute approximate surface area is 114 Å². The lowest BCUT2D eigenvalue weighted by atomic mass is 9.79. The Kier molecular flexibility index (Phi) is 4.58. The molecule has 0 atom stereocenters. The van der Waals surface area contributed by atoms with Crippen molar-refractivity contribution < 1.29 is 4.79 Å². The molecule has 0 aliphatic heterocycles. The third-order valence-corrected chi connectivity index (χ3v) is 4.09. The fourth-order valence-corrected chi connectivity index (χ4v) is 2.88. The van der Waals surface area contributed by atoms with Crippen molar-refractivity contribution in [3.8, 4) is 0 Å². The van der Waals surface area contributed by atoms with Crippen LogP contribution >= 0.6 is 0 Å². The van der Waals surface area contributed by atoms with Crippen molar-refractivity contribution in [2.45, 2.75) is 50.6 Å². The molecular formula is C14H24N4O. The van der Waals surface area contributed by atoms with E-state index < -0.39 is 0 Å². The zero-order valence-electron chi connectivity index (χ0n) is 11.9. The summed E-state index contributed by atoms with van der Waals surface area (Å²) in [6.45, 7) is 0.562. The highest BCUT2D eigenvalue weighted by atomic mass is 16.1. The monoisotopic (exact) mass is 264 g/mol. The zero-order valence-corrected chi connectivity index (χ0v) is 11.9. The van der Waals surface area contributed by atoms with Crippen LogP contribution in [0.25, 0.3) is 0 Å². The van der Waals surface area contributed by atoms with E-state index in [-0.39, 0.29) is 11.4 Å². The third-order valence-electron chi connectivity index (χ3n) is 4.09. The van der Waals surface area contributed by atoms with Gasteiger partial charge in [-0.25, -0.2) is 0 Å². The summed E-state index contributed by atoms with van der Waals surface area (Å²) in [7, 11) is 3.85. The van der Waals surface area contributed by atoms with Crippen LogP contribution in [0.4, 0.5) is 0 Å². The van der Waals surface area contributed by atoms with Crippen LogP contribution in [-0.4, -0.2) is 28.3 Å². The zero-order chi connectivity index (χ0) is 13.7. The van der Waals surface area contributed by atoms with Gasteiger partial charge < -0.3 is 10.6 Å². The Morgan fingerprint density at radius 2 is 2.16 bits per heavy atom. The predicted octanol–water partition coefficient (Wildman–Crippen LogP) is 1.35. The molecule has 1 saturated carbocycles. The molecule has 5 nitrogen and oxygen atoms in total. The third kappa shape index (κ3) is 3.80. The van der Waals surface area contributed by atoms with Gasteiger partial charge in [-0.1, -0.05) is 19.3 Å². The average molecular weight is 264 g/mol. The van der Waals surface area contributed by atoms with E-state index in [4.69, 9.17) is 0 Å². The Bertz CT molecular complexity index is 421. The SMILES string of the molecule is CNC1(CC(=O)NCc2cnn(C)c2)CCCCC1. The Morgan fingerprint density at radius 1 is 1.42 bits per heavy atom. The average Bonchev–Trinajstić information content (AvgIpc) is 2.83. The summed E-state index contributed by atoms with van der Waals surface area (Å²) >= 11 is 0. The molecule has 1 heterocycles. The molecule has 1 amide bonds. The van der Waals surface area contributed by atoms with Crippen molar-refractivity contribution >= 4 is 5.91 Å². The Balaban J connectivity index is 1.82. The highest BCUT2D eigenvalue weighted by Crippen LogP contribution is 2.30. The van der Waals surface area contributed by atoms with Crippen molar-refractivity contribution in [1.29, 1.82) is 0 Å². The van der Waals surface area contributed by atoms with Crippen molar-refractivity contribution in [2.24, 2.45) is 7.05 Å². The van der Waals surface area contributed by atoms with Crippen LogP contribution in [0.5, 0.6) is 0 Å². The number of amides is 1. The first-order valence-electron chi connectivity index (χ1n) is 7.07. The highest BCUT2D eigenvalue weighted by Gasteiger charge is 2.32. The molecule has 1 aliphatic rings. The van der Waals surface area contributed by atoms with Gasteiger partial charge in [-0.2, -0.15) is 5.10 Å². The van der Waals surface area contributed by atoms with Gasteiger partial charge in [-0.15, -0.1) is 0 Å². The van der Waals surface area contributed by atoms with Crippen LogP contribution in [0.1, 0.15) is 44.1 Å². The molecule has 5 heteroatoms. The molecule has 106 valence electrons. The predicted molar refractivity (Wildman–Crippen MR) is 74.5 cm³/mol. The maximum atomic E-state index is 12.1. The molecule has 2 N–H and O–H groups in total. The molecule has 1 aliphatic carbocycles. The van der Waals surface area contributed by atoms with Crippen LogP contribution in [0, 0.1) is 0 Å². The molecule has 0 bridgehead atoms. The van der Waals surface area contributed by atoms with E-state index in [0.717, 1.165) is 18.4 Å². The second-order valence-corrected chi connectivity index (χ2v) is 5.57. The summed E-state index contributed by atoms with van der Waals surface area (Å²) in [5.74, 6) is 0.125. The normalized spacial score (nSPS) is 18.2. The number of aromatic nitrogens is 2. The molecule has 0 aromatic carbocycles. The molecule has 19 heavy (non-hydrogen) atoms. The fraction of sp³-hybridized carbons (Fsp3) is 0.714. The highest BCUT2D eigenvalue weighted by molar-refractivity contribution is 5.77. The fourth-order valence-electron chi connectivity index (χ4n) is 2.88. The number of hydrogen-bond acceptors (Lipinski definition) is 3. The van der Waals surface area contributed by atoms with Crippen LogP contribution < -0.4 is 10.6 Å². The van der Waals surface area contributed by atoms with Crippen LogP contribution in [-0.2, 0) is 18.4 Å². The lowest BCUT2D eigenvalue weighted by Crippen LogP contribution is -2.48. The largest absolute Gasteiger partial charge is 0.352 e. The Hall–Kier alpha value is -1.36. The minimum absolute atomic E-state index is 0.0112. The molecule has 0 saturated heterocycles. The Morgan fingerprint density at radius 3 is 2.74 bits per heavy atom. The van der Waals surface area contributed by atoms with Gasteiger partial charge in [0, 0.05) is 37.3 Å². The van der Waals surface area contributed by atoms with E-state index in [1.807, 2.05) is 20.3 Å². The lowest BCUT2D eigenvalue weighted by molar-refractivity contribution is -0.123. The van der Waals surface area contributed by atoms with E-state index in [1.54, 1.807) is 10.9 Å². The quantitative estimate of drug-likeness (QED) is 0.844. The summed E-state index contributed by atoms with van der Waals surface area (Å²) in [5, 5.41) is 10.5. The molecule has 0 unspecified atom stereocenters. The number of rotatable bonds is 5. The number of hydrogen-bond donors (Lipinski definition) is 2. The van der Waals surface area contributed by atoms with E-state index in [2.05, 4.69) is 15.7 Å². The summed E-state index contributed by atoms with van der Waals surface area (Å²) < 4.78 is 1.75. The van der Waals surface area contributed by atoms with Gasteiger partial charge in [-0.3, -0.25) is 9.48 Å². The van der Waals surface area contributed by atoms with Crippen molar-refractivity contribution in [3.63, 3.8) is 0 Å². The van der Waals surface area contributed by atoms with E-state index >= 15 is 0 Å². The van der Waals surface area contributed by atoms with Gasteiger partial charge >= 0.3 is 0 Å². The molecule has 1 aromatic rings. The van der Waals surface area contributed by atoms with E-state index in [0.29, 0.717) is 13.0 Å². The topological polar surface area (TPSA) is 59.0 Å². The van der Waals surface area contributed by atoms with Crippen LogP contribution in [0.2, 0.25) is 0 Å². The van der Waals surface area contributed by atoms with E-state index in [1.165, 1.54) is 19.3 Å². The second-order valence-electron chi connectivity index (χ2n) is 5.57. The number of nitrogens with one attached hydrogen (secondary N) is 2. The standard InChI is InChI=1S/C14H24N4O/c1-15-14(6-4-3-5-7-14)8-13(19)16-9-12-10-17-18(2)11-12/h10-11,15H,3-9H2,1-2H3,(H,16,19). The molecule has 0 spiro atoms. The van der Waals surface area contributed by atoms with Crippen molar-refractivity contribution in [3.05, 3.63) is 18.0 Å². The number of carbonyl (C=O) groups excluding carboxylic acids is 1. The van der Waals surface area contributed by atoms with Gasteiger partial charge in [0.25, 0.3) is 0 Å². The molecule has 2 rings (SSSR count). The summed E-state index contributed by atoms with van der Waals surface area (Å²) in [5.41, 5.74) is 1.05. The van der Waals surface area contributed by atoms with Gasteiger partial charge in [0.15, 0.2) is 0 Å². The first-order chi connectivity index (χ1) is 9.13. The maximum Gasteiger partial charge on any atom is 0.222 e. The van der Waals surface area contributed by atoms with Crippen molar-refractivity contribution in [1.82, 2.24) is 20.4 Å². The smallest absolute Gasteiger partial charge is 0.222 e. The van der Waals surface area contributed by atoms with Gasteiger partial charge in [0.2, 0.25) is 5.91 Å². The number of carbonyl (C=O) groups is 1. The first kappa shape index (κ1) is 14.1. The van der Waals surface area contributed by atoms with Gasteiger partial charge in [0.1, 0.15) is 0 Å². The second kappa shape index (κ2) is 6.19. The minimum atomic E-state index is 0.0112. The molecular weight excluding hydrogens is 240 g/mol. The summed E-state index contributed by atoms with van der Waals surface area (Å²) in [6, 6.07) is 0. The maximum absolute atomic E-state index is 12.1.